The second kappa shape index (κ2) is 16.4. The van der Waals surface area contributed by atoms with Crippen LogP contribution in [0.2, 0.25) is 15.1 Å². The summed E-state index contributed by atoms with van der Waals surface area (Å²) in [5.74, 6) is 2.07. The number of rotatable bonds is 5. The minimum Gasteiger partial charge on any atom is -0.497 e. The standard InChI is InChI=1S/C21H22Cl3N3O.C7H7FO.C2H5NO/c22-17-2-4-20(25-12-17)26-8-5-14(6-9-26)21(28)27-10-7-16(13-27)15-1-3-18(23)19(24)11-15;1-9-7-4-2-6(8)3-5-7;1-3-2-4/h1-4,11-12,14,16H,5-10,13H2;2-5H,1H3;2H,1H3,(H,3,4)/t16-;;/m0../s1. The highest BCUT2D eigenvalue weighted by Crippen LogP contribution is 2.33. The average molecular weight is 624 g/mol. The van der Waals surface area contributed by atoms with Crippen molar-refractivity contribution in [3.8, 4) is 5.75 Å². The minimum atomic E-state index is -0.240. The van der Waals surface area contributed by atoms with Gasteiger partial charge in [-0.05, 0) is 73.4 Å². The number of carbonyl (C=O) groups is 2. The largest absolute Gasteiger partial charge is 0.497 e. The van der Waals surface area contributed by atoms with E-state index in [1.54, 1.807) is 32.5 Å². The van der Waals surface area contributed by atoms with Crippen LogP contribution in [0.15, 0.2) is 60.8 Å². The molecule has 2 amide bonds. The van der Waals surface area contributed by atoms with E-state index >= 15 is 0 Å². The number of benzene rings is 2. The number of aromatic nitrogens is 1. The summed E-state index contributed by atoms with van der Waals surface area (Å²) < 4.78 is 17.0. The van der Waals surface area contributed by atoms with Gasteiger partial charge in [0.15, 0.2) is 0 Å². The Labute approximate surface area is 255 Å². The molecule has 5 rings (SSSR count). The number of hydrogen-bond donors (Lipinski definition) is 1. The number of likely N-dealkylation sites (tertiary alicyclic amines) is 1. The zero-order valence-electron chi connectivity index (χ0n) is 23.0. The quantitative estimate of drug-likeness (QED) is 0.330. The SMILES string of the molecule is CNC=O.COc1ccc(F)cc1.O=C(C1CCN(c2ccc(Cl)cn2)CC1)N1CC[C@H](c2ccc(Cl)c(Cl)c2)C1. The number of pyridine rings is 1. The third-order valence-corrected chi connectivity index (χ3v) is 7.92. The van der Waals surface area contributed by atoms with Crippen molar-refractivity contribution in [3.63, 3.8) is 0 Å². The lowest BCUT2D eigenvalue weighted by Gasteiger charge is -2.34. The first kappa shape index (κ1) is 32.4. The first-order valence-corrected chi connectivity index (χ1v) is 14.4. The van der Waals surface area contributed by atoms with Crippen molar-refractivity contribution in [2.45, 2.75) is 25.2 Å². The van der Waals surface area contributed by atoms with Crippen molar-refractivity contribution in [1.29, 1.82) is 0 Å². The highest BCUT2D eigenvalue weighted by Gasteiger charge is 2.33. The molecule has 0 bridgehead atoms. The molecule has 2 aliphatic rings. The van der Waals surface area contributed by atoms with Gasteiger partial charge in [0.05, 0.1) is 22.2 Å². The normalized spacial score (nSPS) is 16.6. The molecule has 3 aromatic rings. The number of ether oxygens (including phenoxy) is 1. The van der Waals surface area contributed by atoms with Gasteiger partial charge in [-0.25, -0.2) is 9.37 Å². The van der Waals surface area contributed by atoms with Crippen LogP contribution in [-0.4, -0.2) is 62.5 Å². The fraction of sp³-hybridized carbons (Fsp3) is 0.367. The van der Waals surface area contributed by atoms with E-state index in [1.165, 1.54) is 12.1 Å². The molecule has 0 saturated carbocycles. The number of carbonyl (C=O) groups excluding carboxylic acids is 2. The van der Waals surface area contributed by atoms with Gasteiger partial charge in [0.25, 0.3) is 0 Å². The van der Waals surface area contributed by atoms with Gasteiger partial charge >= 0.3 is 0 Å². The van der Waals surface area contributed by atoms with Crippen LogP contribution in [0.5, 0.6) is 5.75 Å². The van der Waals surface area contributed by atoms with Crippen LogP contribution in [0.3, 0.4) is 0 Å². The molecular formula is C30H34Cl3FN4O3. The van der Waals surface area contributed by atoms with E-state index in [0.717, 1.165) is 56.8 Å². The molecule has 0 radical (unpaired) electrons. The molecule has 1 N–H and O–H groups in total. The number of nitrogens with zero attached hydrogens (tertiary/aromatic N) is 3. The number of anilines is 1. The second-order valence-electron chi connectivity index (χ2n) is 9.60. The molecule has 11 heteroatoms. The van der Waals surface area contributed by atoms with Gasteiger partial charge in [0.2, 0.25) is 12.3 Å². The first-order chi connectivity index (χ1) is 19.7. The maximum absolute atomic E-state index is 13.0. The van der Waals surface area contributed by atoms with Gasteiger partial charge in [0.1, 0.15) is 17.4 Å². The molecule has 1 aromatic heterocycles. The van der Waals surface area contributed by atoms with Crippen molar-refractivity contribution < 1.29 is 18.7 Å². The van der Waals surface area contributed by atoms with Crippen molar-refractivity contribution in [2.24, 2.45) is 5.92 Å². The summed E-state index contributed by atoms with van der Waals surface area (Å²) in [6.07, 6.45) is 4.98. The Morgan fingerprint density at radius 2 is 1.68 bits per heavy atom. The lowest BCUT2D eigenvalue weighted by molar-refractivity contribution is -0.135. The van der Waals surface area contributed by atoms with Crippen LogP contribution < -0.4 is 15.0 Å². The molecule has 3 heterocycles. The van der Waals surface area contributed by atoms with E-state index < -0.39 is 0 Å². The maximum Gasteiger partial charge on any atom is 0.225 e. The second-order valence-corrected chi connectivity index (χ2v) is 10.9. The van der Waals surface area contributed by atoms with Crippen LogP contribution in [0, 0.1) is 11.7 Å². The summed E-state index contributed by atoms with van der Waals surface area (Å²) in [7, 11) is 3.11. The van der Waals surface area contributed by atoms with Crippen LogP contribution >= 0.6 is 34.8 Å². The molecule has 0 spiro atoms. The average Bonchev–Trinajstić information content (AvgIpc) is 3.50. The summed E-state index contributed by atoms with van der Waals surface area (Å²) in [6, 6.07) is 15.5. The summed E-state index contributed by atoms with van der Waals surface area (Å²) in [5.41, 5.74) is 1.16. The maximum atomic E-state index is 13.0. The van der Waals surface area contributed by atoms with Crippen molar-refractivity contribution in [3.05, 3.63) is 87.2 Å². The Hall–Kier alpha value is -3.07. The number of piperidine rings is 1. The van der Waals surface area contributed by atoms with Gasteiger partial charge in [-0.1, -0.05) is 40.9 Å². The Bertz CT molecular complexity index is 1260. The van der Waals surface area contributed by atoms with Crippen LogP contribution in [0.4, 0.5) is 10.2 Å². The third-order valence-electron chi connectivity index (χ3n) is 6.96. The summed E-state index contributed by atoms with van der Waals surface area (Å²) in [4.78, 5) is 30.7. The molecule has 0 aliphatic carbocycles. The first-order valence-electron chi connectivity index (χ1n) is 13.3. The van der Waals surface area contributed by atoms with Gasteiger partial charge in [-0.15, -0.1) is 0 Å². The fourth-order valence-electron chi connectivity index (χ4n) is 4.74. The highest BCUT2D eigenvalue weighted by molar-refractivity contribution is 6.42. The van der Waals surface area contributed by atoms with E-state index in [2.05, 4.69) is 15.2 Å². The zero-order valence-corrected chi connectivity index (χ0v) is 25.3. The molecule has 0 unspecified atom stereocenters. The van der Waals surface area contributed by atoms with Gasteiger partial charge in [-0.2, -0.15) is 0 Å². The lowest BCUT2D eigenvalue weighted by atomic mass is 9.95. The summed E-state index contributed by atoms with van der Waals surface area (Å²) in [6.45, 7) is 3.25. The molecule has 2 aromatic carbocycles. The Morgan fingerprint density at radius 1 is 1.00 bits per heavy atom. The van der Waals surface area contributed by atoms with E-state index in [-0.39, 0.29) is 17.6 Å². The van der Waals surface area contributed by atoms with Crippen LogP contribution in [0.25, 0.3) is 0 Å². The van der Waals surface area contributed by atoms with Crippen LogP contribution in [0.1, 0.15) is 30.7 Å². The summed E-state index contributed by atoms with van der Waals surface area (Å²) >= 11 is 18.1. The number of methoxy groups -OCH3 is 1. The Morgan fingerprint density at radius 3 is 2.24 bits per heavy atom. The smallest absolute Gasteiger partial charge is 0.225 e. The molecule has 2 aliphatic heterocycles. The molecule has 2 saturated heterocycles. The predicted molar refractivity (Wildman–Crippen MR) is 163 cm³/mol. The third kappa shape index (κ3) is 9.76. The Kier molecular flexibility index (Phi) is 13.0. The number of amides is 2. The van der Waals surface area contributed by atoms with E-state index in [9.17, 15) is 9.18 Å². The van der Waals surface area contributed by atoms with Crippen LogP contribution in [-0.2, 0) is 9.59 Å². The Balaban J connectivity index is 0.000000295. The minimum absolute atomic E-state index is 0.0936. The number of hydrogen-bond acceptors (Lipinski definition) is 5. The van der Waals surface area contributed by atoms with Crippen molar-refractivity contribution in [1.82, 2.24) is 15.2 Å². The summed E-state index contributed by atoms with van der Waals surface area (Å²) in [5, 5.41) is 4.03. The van der Waals surface area contributed by atoms with E-state index in [0.29, 0.717) is 33.1 Å². The monoisotopic (exact) mass is 622 g/mol. The van der Waals surface area contributed by atoms with Gasteiger partial charge in [0, 0.05) is 51.3 Å². The van der Waals surface area contributed by atoms with Crippen molar-refractivity contribution >= 4 is 52.9 Å². The van der Waals surface area contributed by atoms with E-state index in [1.807, 2.05) is 35.2 Å². The topological polar surface area (TPSA) is 74.8 Å². The molecule has 41 heavy (non-hydrogen) atoms. The predicted octanol–water partition coefficient (Wildman–Crippen LogP) is 6.47. The molecule has 1 atom stereocenters. The number of halogens is 4. The zero-order chi connectivity index (χ0) is 29.8. The van der Waals surface area contributed by atoms with Crippen molar-refractivity contribution in [2.75, 3.05) is 45.2 Å². The molecular weight excluding hydrogens is 590 g/mol. The lowest BCUT2D eigenvalue weighted by Crippen LogP contribution is -2.42. The molecule has 7 nitrogen and oxygen atoms in total. The number of nitrogens with one attached hydrogen (secondary N) is 1. The highest BCUT2D eigenvalue weighted by atomic mass is 35.5. The molecule has 220 valence electrons. The molecule has 2 fully saturated rings. The fourth-order valence-corrected chi connectivity index (χ4v) is 5.16. The van der Waals surface area contributed by atoms with Gasteiger partial charge < -0.3 is 19.9 Å². The van der Waals surface area contributed by atoms with Gasteiger partial charge in [-0.3, -0.25) is 9.59 Å². The van der Waals surface area contributed by atoms with E-state index in [4.69, 9.17) is 44.3 Å².